The Morgan fingerprint density at radius 3 is 2.86 bits per heavy atom. The van der Waals surface area contributed by atoms with Crippen molar-refractivity contribution in [2.75, 3.05) is 16.8 Å². The van der Waals surface area contributed by atoms with Crippen LogP contribution in [-0.2, 0) is 4.79 Å². The Hall–Kier alpha value is -3.03. The molecule has 0 atom stereocenters. The third-order valence-corrected chi connectivity index (χ3v) is 6.54. The number of hydrogen-bond acceptors (Lipinski definition) is 6. The summed E-state index contributed by atoms with van der Waals surface area (Å²) in [6.07, 6.45) is 0. The molecular formula is C21H15N3O2S2. The van der Waals surface area contributed by atoms with Crippen LogP contribution in [0.1, 0.15) is 0 Å². The summed E-state index contributed by atoms with van der Waals surface area (Å²) < 4.78 is 7.75. The molecule has 138 valence electrons. The van der Waals surface area contributed by atoms with Crippen LogP contribution in [0.2, 0.25) is 0 Å². The highest BCUT2D eigenvalue weighted by Gasteiger charge is 2.11. The molecule has 0 aliphatic carbocycles. The van der Waals surface area contributed by atoms with Gasteiger partial charge in [-0.1, -0.05) is 30.0 Å². The summed E-state index contributed by atoms with van der Waals surface area (Å²) in [5.74, 6) is 0.201. The van der Waals surface area contributed by atoms with Gasteiger partial charge in [0.1, 0.15) is 11.2 Å². The lowest BCUT2D eigenvalue weighted by Gasteiger charge is -2.04. The Labute approximate surface area is 168 Å². The molecule has 5 aromatic rings. The van der Waals surface area contributed by atoms with Crippen LogP contribution < -0.4 is 11.1 Å². The van der Waals surface area contributed by atoms with Gasteiger partial charge in [0.2, 0.25) is 5.91 Å². The Balaban J connectivity index is 1.29. The van der Waals surface area contributed by atoms with Gasteiger partial charge in [0.25, 0.3) is 0 Å². The van der Waals surface area contributed by atoms with Crippen LogP contribution in [0.4, 0.5) is 11.4 Å². The highest BCUT2D eigenvalue weighted by molar-refractivity contribution is 8.01. The smallest absolute Gasteiger partial charge is 0.234 e. The molecule has 0 aliphatic rings. The minimum Gasteiger partial charge on any atom is -0.456 e. The first-order valence-corrected chi connectivity index (χ1v) is 10.5. The number of benzene rings is 3. The van der Waals surface area contributed by atoms with E-state index in [1.54, 1.807) is 11.3 Å². The maximum Gasteiger partial charge on any atom is 0.234 e. The number of fused-ring (bicyclic) bond motifs is 4. The maximum absolute atomic E-state index is 12.4. The quantitative estimate of drug-likeness (QED) is 0.304. The minimum atomic E-state index is -0.0840. The van der Waals surface area contributed by atoms with Gasteiger partial charge in [-0.15, -0.1) is 11.3 Å². The Bertz CT molecular complexity index is 1340. The van der Waals surface area contributed by atoms with E-state index in [-0.39, 0.29) is 11.7 Å². The molecule has 2 heterocycles. The molecule has 5 nitrogen and oxygen atoms in total. The number of amides is 1. The summed E-state index contributed by atoms with van der Waals surface area (Å²) >= 11 is 2.96. The van der Waals surface area contributed by atoms with Crippen LogP contribution in [0.5, 0.6) is 0 Å². The van der Waals surface area contributed by atoms with Crippen molar-refractivity contribution in [3.8, 4) is 0 Å². The van der Waals surface area contributed by atoms with E-state index in [4.69, 9.17) is 10.2 Å². The third kappa shape index (κ3) is 3.19. The average molecular weight is 406 g/mol. The summed E-state index contributed by atoms with van der Waals surface area (Å²) in [5.41, 5.74) is 9.74. The normalized spacial score (nSPS) is 11.4. The first kappa shape index (κ1) is 17.1. The first-order chi connectivity index (χ1) is 13.7. The van der Waals surface area contributed by atoms with Gasteiger partial charge in [0.05, 0.1) is 16.0 Å². The van der Waals surface area contributed by atoms with Crippen LogP contribution in [0.25, 0.3) is 32.2 Å². The Morgan fingerprint density at radius 2 is 1.93 bits per heavy atom. The number of carbonyl (C=O) groups excluding carboxylic acids is 1. The average Bonchev–Trinajstić information content (AvgIpc) is 3.26. The lowest BCUT2D eigenvalue weighted by atomic mass is 10.1. The predicted molar refractivity (Wildman–Crippen MR) is 117 cm³/mol. The van der Waals surface area contributed by atoms with Crippen LogP contribution in [0.15, 0.2) is 69.4 Å². The van der Waals surface area contributed by atoms with Crippen molar-refractivity contribution in [1.29, 1.82) is 0 Å². The molecular weight excluding hydrogens is 390 g/mol. The number of para-hydroxylation sites is 1. The highest BCUT2D eigenvalue weighted by atomic mass is 32.2. The lowest BCUT2D eigenvalue weighted by Crippen LogP contribution is -2.13. The number of hydrogen-bond donors (Lipinski definition) is 2. The van der Waals surface area contributed by atoms with Crippen LogP contribution >= 0.6 is 23.1 Å². The molecule has 3 N–H and O–H groups in total. The summed E-state index contributed by atoms with van der Waals surface area (Å²) in [6, 6.07) is 19.3. The number of nitrogens with one attached hydrogen (secondary N) is 1. The number of carbonyl (C=O) groups is 1. The first-order valence-electron chi connectivity index (χ1n) is 8.66. The molecule has 2 aromatic heterocycles. The number of furan rings is 1. The molecule has 7 heteroatoms. The number of nitrogens with zero attached hydrogens (tertiary/aromatic N) is 1. The second kappa shape index (κ2) is 6.85. The van der Waals surface area contributed by atoms with Gasteiger partial charge >= 0.3 is 0 Å². The molecule has 0 unspecified atom stereocenters. The van der Waals surface area contributed by atoms with E-state index in [1.807, 2.05) is 60.7 Å². The second-order valence-electron chi connectivity index (χ2n) is 6.35. The molecule has 1 amide bonds. The van der Waals surface area contributed by atoms with Crippen molar-refractivity contribution in [3.63, 3.8) is 0 Å². The number of thiazole rings is 1. The van der Waals surface area contributed by atoms with E-state index in [2.05, 4.69) is 10.3 Å². The van der Waals surface area contributed by atoms with Crippen molar-refractivity contribution < 1.29 is 9.21 Å². The summed E-state index contributed by atoms with van der Waals surface area (Å²) in [7, 11) is 0. The zero-order chi connectivity index (χ0) is 19.1. The van der Waals surface area contributed by atoms with Gasteiger partial charge in [-0.25, -0.2) is 4.98 Å². The second-order valence-corrected chi connectivity index (χ2v) is 8.61. The summed E-state index contributed by atoms with van der Waals surface area (Å²) in [6.45, 7) is 0. The number of anilines is 2. The van der Waals surface area contributed by atoms with Crippen LogP contribution in [-0.4, -0.2) is 16.6 Å². The fourth-order valence-corrected chi connectivity index (χ4v) is 5.03. The fraction of sp³-hybridized carbons (Fsp3) is 0.0476. The van der Waals surface area contributed by atoms with Gasteiger partial charge < -0.3 is 15.5 Å². The molecule has 3 aromatic carbocycles. The minimum absolute atomic E-state index is 0.0840. The van der Waals surface area contributed by atoms with E-state index in [0.717, 1.165) is 36.5 Å². The number of nitrogens with two attached hydrogens (primary N) is 1. The summed E-state index contributed by atoms with van der Waals surface area (Å²) in [4.78, 5) is 16.9. The molecule has 0 fully saturated rings. The van der Waals surface area contributed by atoms with Crippen molar-refractivity contribution in [3.05, 3.63) is 60.7 Å². The molecule has 0 bridgehead atoms. The molecule has 0 aliphatic heterocycles. The Kier molecular flexibility index (Phi) is 4.18. The van der Waals surface area contributed by atoms with E-state index in [9.17, 15) is 4.79 Å². The van der Waals surface area contributed by atoms with Crippen molar-refractivity contribution in [1.82, 2.24) is 4.98 Å². The largest absolute Gasteiger partial charge is 0.456 e. The molecule has 0 spiro atoms. The zero-order valence-electron chi connectivity index (χ0n) is 14.6. The van der Waals surface area contributed by atoms with Gasteiger partial charge in [-0.05, 0) is 36.4 Å². The molecule has 5 rings (SSSR count). The van der Waals surface area contributed by atoms with Crippen molar-refractivity contribution in [2.45, 2.75) is 4.34 Å². The lowest BCUT2D eigenvalue weighted by molar-refractivity contribution is -0.113. The van der Waals surface area contributed by atoms with Gasteiger partial charge in [-0.3, -0.25) is 4.79 Å². The van der Waals surface area contributed by atoms with Crippen molar-refractivity contribution >= 4 is 72.5 Å². The maximum atomic E-state index is 12.4. The summed E-state index contributed by atoms with van der Waals surface area (Å²) in [5, 5.41) is 5.04. The van der Waals surface area contributed by atoms with Gasteiger partial charge in [0, 0.05) is 28.2 Å². The Morgan fingerprint density at radius 1 is 1.07 bits per heavy atom. The predicted octanol–water partition coefficient (Wildman–Crippen LogP) is 5.51. The zero-order valence-corrected chi connectivity index (χ0v) is 16.3. The van der Waals surface area contributed by atoms with Crippen LogP contribution in [0.3, 0.4) is 0 Å². The number of aromatic nitrogens is 1. The van der Waals surface area contributed by atoms with Gasteiger partial charge in [0.15, 0.2) is 4.34 Å². The molecule has 0 radical (unpaired) electrons. The number of rotatable bonds is 4. The van der Waals surface area contributed by atoms with E-state index >= 15 is 0 Å². The fourth-order valence-electron chi connectivity index (χ4n) is 3.11. The molecule has 0 saturated heterocycles. The topological polar surface area (TPSA) is 81.1 Å². The standard InChI is InChI=1S/C21H15N3O2S2/c22-12-5-8-16-19(9-12)28-21(24-16)27-11-20(25)23-13-6-7-15-14-3-1-2-4-17(14)26-18(15)10-13/h1-10H,11,22H2,(H,23,25). The highest BCUT2D eigenvalue weighted by Crippen LogP contribution is 2.32. The SMILES string of the molecule is Nc1ccc2nc(SCC(=O)Nc3ccc4c(c3)oc3ccccc34)sc2c1. The van der Waals surface area contributed by atoms with Gasteiger partial charge in [-0.2, -0.15) is 0 Å². The molecule has 28 heavy (non-hydrogen) atoms. The van der Waals surface area contributed by atoms with E-state index in [0.29, 0.717) is 11.4 Å². The number of thioether (sulfide) groups is 1. The van der Waals surface area contributed by atoms with Crippen LogP contribution in [0, 0.1) is 0 Å². The van der Waals surface area contributed by atoms with E-state index < -0.39 is 0 Å². The van der Waals surface area contributed by atoms with Crippen molar-refractivity contribution in [2.24, 2.45) is 0 Å². The third-order valence-electron chi connectivity index (χ3n) is 4.38. The molecule has 0 saturated carbocycles. The monoisotopic (exact) mass is 405 g/mol. The number of nitrogen functional groups attached to an aromatic ring is 1. The van der Waals surface area contributed by atoms with E-state index in [1.165, 1.54) is 11.8 Å².